The van der Waals surface area contributed by atoms with E-state index in [0.717, 1.165) is 11.4 Å². The summed E-state index contributed by atoms with van der Waals surface area (Å²) in [6, 6.07) is 1.38. The Bertz CT molecular complexity index is 690. The molecular weight excluding hydrogens is 439 g/mol. The van der Waals surface area contributed by atoms with Gasteiger partial charge in [-0.2, -0.15) is 39.5 Å². The lowest BCUT2D eigenvalue weighted by molar-refractivity contribution is -0.388. The number of anilines is 1. The van der Waals surface area contributed by atoms with E-state index in [0.29, 0.717) is 6.07 Å². The zero-order valence-electron chi connectivity index (χ0n) is 11.1. The van der Waals surface area contributed by atoms with Gasteiger partial charge in [0.2, 0.25) is 0 Å². The van der Waals surface area contributed by atoms with Crippen molar-refractivity contribution in [1.82, 2.24) is 0 Å². The van der Waals surface area contributed by atoms with E-state index in [1.807, 2.05) is 0 Å². The van der Waals surface area contributed by atoms with Crippen LogP contribution in [0.25, 0.3) is 0 Å². The molecule has 0 bridgehead atoms. The Morgan fingerprint density at radius 3 is 1.64 bits per heavy atom. The molecule has 0 spiro atoms. The van der Waals surface area contributed by atoms with Crippen LogP contribution in [0.3, 0.4) is 0 Å². The van der Waals surface area contributed by atoms with Gasteiger partial charge in [-0.15, -0.1) is 0 Å². The number of halogens is 12. The highest BCUT2D eigenvalue weighted by Crippen LogP contribution is 2.53. The number of hydrogen-bond donors (Lipinski definition) is 1. The lowest BCUT2D eigenvalue weighted by Crippen LogP contribution is -2.64. The van der Waals surface area contributed by atoms with Crippen molar-refractivity contribution >= 4 is 46.4 Å². The second kappa shape index (κ2) is 6.58. The van der Waals surface area contributed by atoms with E-state index in [9.17, 15) is 44.3 Å². The minimum atomic E-state index is -7.19. The maximum absolute atomic E-state index is 13.4. The van der Waals surface area contributed by atoms with Gasteiger partial charge in [0, 0.05) is 0 Å². The number of hydrogen-bond acceptors (Lipinski definition) is 1. The molecule has 25 heavy (non-hydrogen) atoms. The zero-order chi connectivity index (χ0) is 20.0. The van der Waals surface area contributed by atoms with Crippen LogP contribution in [0.15, 0.2) is 12.1 Å². The Morgan fingerprint density at radius 2 is 1.20 bits per heavy atom. The highest BCUT2D eigenvalue weighted by molar-refractivity contribution is 6.44. The maximum Gasteiger partial charge on any atom is 0.460 e. The number of alkyl halides is 9. The van der Waals surface area contributed by atoms with Crippen molar-refractivity contribution in [1.29, 1.82) is 0 Å². The van der Waals surface area contributed by atoms with Crippen molar-refractivity contribution in [3.63, 3.8) is 0 Å². The minimum absolute atomic E-state index is 0.245. The van der Waals surface area contributed by atoms with Crippen molar-refractivity contribution in [3.05, 3.63) is 27.2 Å². The third-order valence-electron chi connectivity index (χ3n) is 2.69. The highest BCUT2D eigenvalue weighted by atomic mass is 35.5. The Labute approximate surface area is 147 Å². The SMILES string of the molecule is O=C(Nc1cc(Cl)c(Cl)cc1Cl)C(F)(F)C(F)(F)C(F)(F)C(F)(F)F. The van der Waals surface area contributed by atoms with Crippen LogP contribution in [0.4, 0.5) is 45.2 Å². The monoisotopic (exact) mass is 441 g/mol. The molecule has 142 valence electrons. The Balaban J connectivity index is 3.26. The average molecular weight is 442 g/mol. The normalized spacial score (nSPS) is 13.8. The van der Waals surface area contributed by atoms with Crippen LogP contribution in [0.1, 0.15) is 0 Å². The van der Waals surface area contributed by atoms with Gasteiger partial charge in [-0.1, -0.05) is 34.8 Å². The molecule has 14 heteroatoms. The molecule has 0 aromatic heterocycles. The predicted octanol–water partition coefficient (Wildman–Crippen LogP) is 6.05. The summed E-state index contributed by atoms with van der Waals surface area (Å²) in [7, 11) is 0. The van der Waals surface area contributed by atoms with Crippen LogP contribution in [0, 0.1) is 0 Å². The summed E-state index contributed by atoms with van der Waals surface area (Å²) in [5.74, 6) is -23.9. The summed E-state index contributed by atoms with van der Waals surface area (Å²) in [4.78, 5) is 11.2. The first-order valence-corrected chi connectivity index (χ1v) is 6.76. The fraction of sp³-hybridized carbons (Fsp3) is 0.364. The van der Waals surface area contributed by atoms with Gasteiger partial charge in [0.1, 0.15) is 0 Å². The lowest BCUT2D eigenvalue weighted by atomic mass is 10.0. The molecule has 0 atom stereocenters. The van der Waals surface area contributed by atoms with Crippen molar-refractivity contribution in [2.75, 3.05) is 5.32 Å². The van der Waals surface area contributed by atoms with Crippen LogP contribution in [0.2, 0.25) is 15.1 Å². The predicted molar refractivity (Wildman–Crippen MR) is 71.0 cm³/mol. The van der Waals surface area contributed by atoms with Crippen LogP contribution < -0.4 is 5.32 Å². The van der Waals surface area contributed by atoms with Crippen molar-refractivity contribution in [3.8, 4) is 0 Å². The standard InChI is InChI=1S/C11H3Cl3F9NO/c12-3-1-5(14)6(2-4(3)13)24-7(25)8(15,16)9(17,18)10(19,20)11(21,22)23/h1-2H,(H,24,25). The highest BCUT2D eigenvalue weighted by Gasteiger charge is 2.83. The van der Waals surface area contributed by atoms with E-state index in [1.54, 1.807) is 0 Å². The first-order valence-electron chi connectivity index (χ1n) is 5.63. The molecule has 1 amide bonds. The van der Waals surface area contributed by atoms with Crippen molar-refractivity contribution in [2.45, 2.75) is 23.9 Å². The Hall–Kier alpha value is -1.07. The van der Waals surface area contributed by atoms with Gasteiger partial charge in [-0.05, 0) is 12.1 Å². The minimum Gasteiger partial charge on any atom is -0.319 e. The number of nitrogens with one attached hydrogen (secondary N) is 1. The van der Waals surface area contributed by atoms with Crippen LogP contribution in [-0.2, 0) is 4.79 Å². The van der Waals surface area contributed by atoms with Gasteiger partial charge < -0.3 is 5.32 Å². The molecule has 1 rings (SSSR count). The molecule has 0 aliphatic carbocycles. The molecule has 0 fully saturated rings. The molecule has 0 radical (unpaired) electrons. The summed E-state index contributed by atoms with van der Waals surface area (Å²) < 4.78 is 114. The van der Waals surface area contributed by atoms with E-state index in [2.05, 4.69) is 0 Å². The number of carbonyl (C=O) groups excluding carboxylic acids is 1. The number of amides is 1. The molecule has 2 nitrogen and oxygen atoms in total. The fourth-order valence-corrected chi connectivity index (χ4v) is 1.93. The summed E-state index contributed by atoms with van der Waals surface area (Å²) in [6.07, 6.45) is -7.04. The molecule has 0 saturated carbocycles. The molecule has 0 heterocycles. The molecule has 0 aliphatic heterocycles. The summed E-state index contributed by atoms with van der Waals surface area (Å²) in [6.45, 7) is 0. The maximum atomic E-state index is 13.4. The summed E-state index contributed by atoms with van der Waals surface area (Å²) >= 11 is 16.4. The average Bonchev–Trinajstić information content (AvgIpc) is 2.42. The molecule has 0 unspecified atom stereocenters. The largest absolute Gasteiger partial charge is 0.460 e. The topological polar surface area (TPSA) is 29.1 Å². The quantitative estimate of drug-likeness (QED) is 0.446. The molecule has 0 saturated heterocycles. The zero-order valence-corrected chi connectivity index (χ0v) is 13.4. The van der Waals surface area contributed by atoms with E-state index in [1.165, 1.54) is 0 Å². The van der Waals surface area contributed by atoms with Gasteiger partial charge >= 0.3 is 29.9 Å². The van der Waals surface area contributed by atoms with Crippen LogP contribution >= 0.6 is 34.8 Å². The van der Waals surface area contributed by atoms with Crippen molar-refractivity contribution in [2.24, 2.45) is 0 Å². The number of benzene rings is 1. The Kier molecular flexibility index (Phi) is 5.79. The van der Waals surface area contributed by atoms with Crippen molar-refractivity contribution < 1.29 is 44.3 Å². The molecule has 1 aromatic rings. The van der Waals surface area contributed by atoms with Gasteiger partial charge in [0.15, 0.2) is 0 Å². The van der Waals surface area contributed by atoms with Crippen LogP contribution in [-0.4, -0.2) is 29.9 Å². The second-order valence-electron chi connectivity index (χ2n) is 4.42. The molecule has 1 aromatic carbocycles. The molecule has 1 N–H and O–H groups in total. The van der Waals surface area contributed by atoms with Gasteiger partial charge in [-0.25, -0.2) is 0 Å². The molecule has 0 aliphatic rings. The second-order valence-corrected chi connectivity index (χ2v) is 5.64. The van der Waals surface area contributed by atoms with E-state index >= 15 is 0 Å². The fourth-order valence-electron chi connectivity index (χ4n) is 1.34. The first kappa shape index (κ1) is 22.0. The summed E-state index contributed by atoms with van der Waals surface area (Å²) in [5.41, 5.74) is -0.869. The van der Waals surface area contributed by atoms with E-state index < -0.39 is 45.6 Å². The lowest BCUT2D eigenvalue weighted by Gasteiger charge is -2.32. The van der Waals surface area contributed by atoms with Gasteiger partial charge in [0.05, 0.1) is 20.8 Å². The van der Waals surface area contributed by atoms with Crippen LogP contribution in [0.5, 0.6) is 0 Å². The smallest absolute Gasteiger partial charge is 0.319 e. The van der Waals surface area contributed by atoms with Gasteiger partial charge in [0.25, 0.3) is 0 Å². The van der Waals surface area contributed by atoms with E-state index in [4.69, 9.17) is 34.8 Å². The Morgan fingerprint density at radius 1 is 0.760 bits per heavy atom. The van der Waals surface area contributed by atoms with Gasteiger partial charge in [-0.3, -0.25) is 4.79 Å². The van der Waals surface area contributed by atoms with E-state index in [-0.39, 0.29) is 5.02 Å². The number of carbonyl (C=O) groups is 1. The third-order valence-corrected chi connectivity index (χ3v) is 3.72. The third kappa shape index (κ3) is 3.72. The summed E-state index contributed by atoms with van der Waals surface area (Å²) in [5, 5.41) is -0.268. The first-order chi connectivity index (χ1) is 11.0. The molecular formula is C11H3Cl3F9NO. The number of rotatable bonds is 4.